The number of aromatic nitrogens is 3. The Labute approximate surface area is 143 Å². The van der Waals surface area contributed by atoms with E-state index >= 15 is 0 Å². The van der Waals surface area contributed by atoms with Gasteiger partial charge in [-0.2, -0.15) is 5.10 Å². The van der Waals surface area contributed by atoms with Crippen LogP contribution in [0.1, 0.15) is 18.5 Å². The highest BCUT2D eigenvalue weighted by Gasteiger charge is 2.12. The molecule has 0 aliphatic heterocycles. The van der Waals surface area contributed by atoms with Gasteiger partial charge in [-0.1, -0.05) is 23.7 Å². The number of pyridine rings is 1. The van der Waals surface area contributed by atoms with E-state index in [9.17, 15) is 9.59 Å². The Morgan fingerprint density at radius 2 is 2.00 bits per heavy atom. The van der Waals surface area contributed by atoms with E-state index in [1.165, 1.54) is 6.20 Å². The third kappa shape index (κ3) is 3.44. The van der Waals surface area contributed by atoms with Crippen LogP contribution in [0, 0.1) is 0 Å². The van der Waals surface area contributed by atoms with Crippen molar-refractivity contribution in [3.63, 3.8) is 0 Å². The fraction of sp³-hybridized carbons (Fsp3) is 0.176. The smallest absolute Gasteiger partial charge is 0.276 e. The van der Waals surface area contributed by atoms with Crippen molar-refractivity contribution in [2.24, 2.45) is 0 Å². The van der Waals surface area contributed by atoms with Crippen LogP contribution in [-0.4, -0.2) is 20.7 Å². The molecule has 1 aromatic carbocycles. The van der Waals surface area contributed by atoms with E-state index in [-0.39, 0.29) is 24.1 Å². The molecule has 7 heteroatoms. The van der Waals surface area contributed by atoms with E-state index in [4.69, 9.17) is 11.6 Å². The molecule has 0 aliphatic carbocycles. The minimum atomic E-state index is -0.338. The number of nitrogens with zero attached hydrogens (tertiary/aromatic N) is 3. The lowest BCUT2D eigenvalue weighted by molar-refractivity contribution is -0.122. The molecule has 0 spiro atoms. The molecule has 0 saturated heterocycles. The second-order valence-electron chi connectivity index (χ2n) is 5.41. The van der Waals surface area contributed by atoms with Crippen molar-refractivity contribution in [1.29, 1.82) is 0 Å². The number of fused-ring (bicyclic) bond motifs is 1. The second kappa shape index (κ2) is 6.80. The fourth-order valence-corrected chi connectivity index (χ4v) is 2.52. The molecule has 3 aromatic rings. The number of carbonyl (C=O) groups is 1. The van der Waals surface area contributed by atoms with Gasteiger partial charge < -0.3 is 5.32 Å². The molecule has 3 rings (SSSR count). The quantitative estimate of drug-likeness (QED) is 0.789. The molecule has 2 aromatic heterocycles. The lowest BCUT2D eigenvalue weighted by Gasteiger charge is -2.14. The average Bonchev–Trinajstić information content (AvgIpc) is 2.58. The van der Waals surface area contributed by atoms with Gasteiger partial charge in [-0.05, 0) is 30.7 Å². The number of amides is 1. The second-order valence-corrected chi connectivity index (χ2v) is 5.85. The molecule has 24 heavy (non-hydrogen) atoms. The number of hydrogen-bond acceptors (Lipinski definition) is 4. The molecule has 122 valence electrons. The molecule has 2 heterocycles. The van der Waals surface area contributed by atoms with Crippen LogP contribution in [0.15, 0.2) is 53.7 Å². The summed E-state index contributed by atoms with van der Waals surface area (Å²) in [7, 11) is 0. The van der Waals surface area contributed by atoms with Crippen LogP contribution in [0.25, 0.3) is 10.8 Å². The number of carbonyl (C=O) groups excluding carboxylic acids is 1. The van der Waals surface area contributed by atoms with Crippen molar-refractivity contribution < 1.29 is 4.79 Å². The Morgan fingerprint density at radius 3 is 2.75 bits per heavy atom. The van der Waals surface area contributed by atoms with E-state index in [2.05, 4.69) is 15.4 Å². The minimum absolute atomic E-state index is 0.151. The molecule has 0 radical (unpaired) electrons. The van der Waals surface area contributed by atoms with Gasteiger partial charge in [-0.25, -0.2) is 4.68 Å². The zero-order chi connectivity index (χ0) is 17.1. The summed E-state index contributed by atoms with van der Waals surface area (Å²) in [6, 6.07) is 8.73. The zero-order valence-corrected chi connectivity index (χ0v) is 13.7. The molecular weight excluding hydrogens is 328 g/mol. The predicted octanol–water partition coefficient (Wildman–Crippen LogP) is 2.32. The number of halogens is 1. The van der Waals surface area contributed by atoms with Gasteiger partial charge in [0.2, 0.25) is 5.91 Å². The summed E-state index contributed by atoms with van der Waals surface area (Å²) >= 11 is 5.86. The van der Waals surface area contributed by atoms with Gasteiger partial charge in [-0.3, -0.25) is 14.6 Å². The lowest BCUT2D eigenvalue weighted by atomic mass is 10.1. The number of nitrogens with one attached hydrogen (secondary N) is 1. The highest BCUT2D eigenvalue weighted by Crippen LogP contribution is 2.15. The first-order valence-corrected chi connectivity index (χ1v) is 7.77. The predicted molar refractivity (Wildman–Crippen MR) is 91.8 cm³/mol. The molecule has 1 atom stereocenters. The maximum absolute atomic E-state index is 12.3. The van der Waals surface area contributed by atoms with Crippen molar-refractivity contribution in [1.82, 2.24) is 20.1 Å². The van der Waals surface area contributed by atoms with Gasteiger partial charge in [0.1, 0.15) is 6.54 Å². The Bertz CT molecular complexity index is 937. The summed E-state index contributed by atoms with van der Waals surface area (Å²) in [6.45, 7) is 1.71. The van der Waals surface area contributed by atoms with Crippen LogP contribution in [0.5, 0.6) is 0 Å². The molecule has 1 amide bonds. The van der Waals surface area contributed by atoms with E-state index in [0.717, 1.165) is 10.2 Å². The number of hydrogen-bond donors (Lipinski definition) is 1. The van der Waals surface area contributed by atoms with Gasteiger partial charge in [-0.15, -0.1) is 0 Å². The lowest BCUT2D eigenvalue weighted by Crippen LogP contribution is -2.34. The number of rotatable bonds is 4. The van der Waals surface area contributed by atoms with Crippen LogP contribution in [0.2, 0.25) is 5.02 Å². The van der Waals surface area contributed by atoms with Crippen LogP contribution in [0.4, 0.5) is 0 Å². The van der Waals surface area contributed by atoms with Crippen molar-refractivity contribution in [3.8, 4) is 0 Å². The minimum Gasteiger partial charge on any atom is -0.348 e. The topological polar surface area (TPSA) is 76.9 Å². The number of benzene rings is 1. The first kappa shape index (κ1) is 16.1. The van der Waals surface area contributed by atoms with E-state index in [1.54, 1.807) is 30.6 Å². The molecular formula is C17H15ClN4O2. The molecule has 1 N–H and O–H groups in total. The molecule has 0 fully saturated rings. The SMILES string of the molecule is C[C@H](NC(=O)Cn1ncc2ccncc2c1=O)c1ccc(Cl)cc1. The summed E-state index contributed by atoms with van der Waals surface area (Å²) in [4.78, 5) is 28.5. The first-order chi connectivity index (χ1) is 11.5. The van der Waals surface area contributed by atoms with Crippen molar-refractivity contribution in [2.45, 2.75) is 19.5 Å². The van der Waals surface area contributed by atoms with E-state index in [0.29, 0.717) is 15.8 Å². The van der Waals surface area contributed by atoms with Crippen molar-refractivity contribution >= 4 is 28.3 Å². The maximum atomic E-state index is 12.3. The summed E-state index contributed by atoms with van der Waals surface area (Å²) in [5.41, 5.74) is 0.589. The average molecular weight is 343 g/mol. The van der Waals surface area contributed by atoms with Gasteiger partial charge in [0.05, 0.1) is 17.6 Å². The molecule has 6 nitrogen and oxygen atoms in total. The largest absolute Gasteiger partial charge is 0.348 e. The Kier molecular flexibility index (Phi) is 4.57. The van der Waals surface area contributed by atoms with Gasteiger partial charge >= 0.3 is 0 Å². The summed E-state index contributed by atoms with van der Waals surface area (Å²) in [5, 5.41) is 8.65. The summed E-state index contributed by atoms with van der Waals surface area (Å²) in [6.07, 6.45) is 4.62. The first-order valence-electron chi connectivity index (χ1n) is 7.39. The highest BCUT2D eigenvalue weighted by atomic mass is 35.5. The standard InChI is InChI=1S/C17H15ClN4O2/c1-11(12-2-4-14(18)5-3-12)21-16(23)10-22-17(24)15-9-19-7-6-13(15)8-20-22/h2-9,11H,10H2,1H3,(H,21,23)/t11-/m0/s1. The third-order valence-corrected chi connectivity index (χ3v) is 3.95. The molecule has 0 saturated carbocycles. The fourth-order valence-electron chi connectivity index (χ4n) is 2.39. The molecule has 0 bridgehead atoms. The highest BCUT2D eigenvalue weighted by molar-refractivity contribution is 6.30. The molecule has 0 aliphatic rings. The van der Waals surface area contributed by atoms with Crippen LogP contribution in [0.3, 0.4) is 0 Å². The van der Waals surface area contributed by atoms with Crippen LogP contribution < -0.4 is 10.9 Å². The van der Waals surface area contributed by atoms with E-state index in [1.807, 2.05) is 19.1 Å². The van der Waals surface area contributed by atoms with Crippen molar-refractivity contribution in [2.75, 3.05) is 0 Å². The monoisotopic (exact) mass is 342 g/mol. The summed E-state index contributed by atoms with van der Waals surface area (Å²) < 4.78 is 1.13. The Balaban J connectivity index is 1.74. The Morgan fingerprint density at radius 1 is 1.25 bits per heavy atom. The third-order valence-electron chi connectivity index (χ3n) is 3.70. The Hall–Kier alpha value is -2.73. The summed E-state index contributed by atoms with van der Waals surface area (Å²) in [5.74, 6) is -0.296. The van der Waals surface area contributed by atoms with Crippen LogP contribution >= 0.6 is 11.6 Å². The van der Waals surface area contributed by atoms with Crippen LogP contribution in [-0.2, 0) is 11.3 Å². The normalized spacial score (nSPS) is 12.1. The van der Waals surface area contributed by atoms with Gasteiger partial charge in [0.25, 0.3) is 5.56 Å². The van der Waals surface area contributed by atoms with Gasteiger partial charge in [0, 0.05) is 22.8 Å². The zero-order valence-electron chi connectivity index (χ0n) is 12.9. The van der Waals surface area contributed by atoms with Gasteiger partial charge in [0.15, 0.2) is 0 Å². The molecule has 0 unspecified atom stereocenters. The van der Waals surface area contributed by atoms with E-state index < -0.39 is 0 Å². The van der Waals surface area contributed by atoms with Crippen molar-refractivity contribution in [3.05, 3.63) is 69.9 Å². The maximum Gasteiger partial charge on any atom is 0.276 e.